The molecule has 8 nitrogen and oxygen atoms in total. The van der Waals surface area contributed by atoms with E-state index in [0.717, 1.165) is 12.0 Å². The Morgan fingerprint density at radius 3 is 2.47 bits per heavy atom. The molecule has 2 heterocycles. The fourth-order valence-corrected chi connectivity index (χ4v) is 6.91. The number of hydrogen-bond acceptors (Lipinski definition) is 6. The van der Waals surface area contributed by atoms with Crippen LogP contribution in [0.4, 0.5) is 5.69 Å². The third kappa shape index (κ3) is 6.04. The Morgan fingerprint density at radius 2 is 1.81 bits per heavy atom. The zero-order valence-electron chi connectivity index (χ0n) is 20.9. The van der Waals surface area contributed by atoms with Gasteiger partial charge in [0.1, 0.15) is 12.3 Å². The van der Waals surface area contributed by atoms with E-state index in [-0.39, 0.29) is 41.7 Å². The van der Waals surface area contributed by atoms with Crippen LogP contribution in [0.15, 0.2) is 52.3 Å². The summed E-state index contributed by atoms with van der Waals surface area (Å²) in [5.41, 5.74) is 1.41. The van der Waals surface area contributed by atoms with Gasteiger partial charge < -0.3 is 10.1 Å². The number of anilines is 1. The van der Waals surface area contributed by atoms with Gasteiger partial charge in [0, 0.05) is 24.5 Å². The largest absolute Gasteiger partial charge is 0.482 e. The number of nitrogens with one attached hydrogen (secondary N) is 1. The maximum atomic E-state index is 13.4. The molecular formula is C26H33N3O5S2. The minimum absolute atomic E-state index is 0.0972. The summed E-state index contributed by atoms with van der Waals surface area (Å²) < 4.78 is 33.8. The van der Waals surface area contributed by atoms with Crippen LogP contribution in [0.1, 0.15) is 25.8 Å². The number of thioether (sulfide) groups is 1. The molecule has 2 atom stereocenters. The van der Waals surface area contributed by atoms with Gasteiger partial charge in [0.2, 0.25) is 15.9 Å². The van der Waals surface area contributed by atoms with Crippen LogP contribution in [0.5, 0.6) is 5.75 Å². The van der Waals surface area contributed by atoms with Gasteiger partial charge in [-0.25, -0.2) is 8.42 Å². The van der Waals surface area contributed by atoms with E-state index in [4.69, 9.17) is 4.74 Å². The maximum absolute atomic E-state index is 13.4. The van der Waals surface area contributed by atoms with Crippen LogP contribution in [0.25, 0.3) is 0 Å². The van der Waals surface area contributed by atoms with Crippen molar-refractivity contribution in [2.75, 3.05) is 43.9 Å². The Balaban J connectivity index is 1.45. The van der Waals surface area contributed by atoms with Crippen molar-refractivity contribution < 1.29 is 22.7 Å². The summed E-state index contributed by atoms with van der Waals surface area (Å²) in [4.78, 5) is 27.9. The van der Waals surface area contributed by atoms with Crippen LogP contribution in [0.2, 0.25) is 0 Å². The second-order valence-electron chi connectivity index (χ2n) is 9.61. The predicted octanol–water partition coefficient (Wildman–Crippen LogP) is 3.16. The third-order valence-corrected chi connectivity index (χ3v) is 9.11. The molecule has 1 N–H and O–H groups in total. The van der Waals surface area contributed by atoms with Gasteiger partial charge in [-0.05, 0) is 66.8 Å². The SMILES string of the molecule is CSc1ccc(CCNC(=O)CN2C(=O)COc3ccc(S(=O)(=O)N4CC(C)CC(C)C4)cc32)cc1. The molecule has 2 amide bonds. The zero-order chi connectivity index (χ0) is 25.9. The van der Waals surface area contributed by atoms with Crippen LogP contribution in [-0.2, 0) is 26.0 Å². The lowest BCUT2D eigenvalue weighted by molar-refractivity contribution is -0.125. The number of ether oxygens (including phenoxy) is 1. The summed E-state index contributed by atoms with van der Waals surface area (Å²) in [7, 11) is -3.74. The zero-order valence-corrected chi connectivity index (χ0v) is 22.5. The summed E-state index contributed by atoms with van der Waals surface area (Å²) in [5.74, 6) is 0.226. The lowest BCUT2D eigenvalue weighted by Crippen LogP contribution is -2.45. The molecule has 0 radical (unpaired) electrons. The molecule has 1 saturated heterocycles. The van der Waals surface area contributed by atoms with Crippen molar-refractivity contribution in [2.45, 2.75) is 36.5 Å². The van der Waals surface area contributed by atoms with E-state index in [9.17, 15) is 18.0 Å². The van der Waals surface area contributed by atoms with E-state index >= 15 is 0 Å². The highest BCUT2D eigenvalue weighted by molar-refractivity contribution is 7.98. The molecule has 0 saturated carbocycles. The van der Waals surface area contributed by atoms with Crippen molar-refractivity contribution in [3.05, 3.63) is 48.0 Å². The summed E-state index contributed by atoms with van der Waals surface area (Å²) in [5, 5.41) is 2.86. The normalized spacial score (nSPS) is 20.5. The van der Waals surface area contributed by atoms with Crippen LogP contribution in [-0.4, -0.2) is 63.6 Å². The topological polar surface area (TPSA) is 96.0 Å². The van der Waals surface area contributed by atoms with Gasteiger partial charge in [-0.15, -0.1) is 11.8 Å². The first-order valence-corrected chi connectivity index (χ1v) is 14.8. The molecule has 0 aromatic heterocycles. The fourth-order valence-electron chi connectivity index (χ4n) is 4.80. The second-order valence-corrected chi connectivity index (χ2v) is 12.4. The Morgan fingerprint density at radius 1 is 1.11 bits per heavy atom. The molecular weight excluding hydrogens is 498 g/mol. The molecule has 1 fully saturated rings. The standard InChI is InChI=1S/C26H33N3O5S2/c1-18-12-19(2)15-28(14-18)36(32,33)22-8-9-24-23(13-22)29(26(31)17-34-24)16-25(30)27-11-10-20-4-6-21(35-3)7-5-20/h4-9,13,18-19H,10-12,14-17H2,1-3H3,(H,27,30). The minimum Gasteiger partial charge on any atom is -0.482 e. The number of sulfonamides is 1. The molecule has 4 rings (SSSR count). The number of amides is 2. The fraction of sp³-hybridized carbons (Fsp3) is 0.462. The van der Waals surface area contributed by atoms with Gasteiger partial charge in [-0.3, -0.25) is 14.5 Å². The first kappa shape index (κ1) is 26.5. The van der Waals surface area contributed by atoms with Gasteiger partial charge >= 0.3 is 0 Å². The monoisotopic (exact) mass is 531 g/mol. The molecule has 10 heteroatoms. The third-order valence-electron chi connectivity index (χ3n) is 6.54. The van der Waals surface area contributed by atoms with E-state index in [1.165, 1.54) is 26.2 Å². The number of fused-ring (bicyclic) bond motifs is 1. The molecule has 2 aliphatic rings. The molecule has 2 aromatic carbocycles. The highest BCUT2D eigenvalue weighted by Gasteiger charge is 2.34. The van der Waals surface area contributed by atoms with E-state index in [2.05, 4.69) is 19.2 Å². The van der Waals surface area contributed by atoms with Crippen LogP contribution < -0.4 is 15.0 Å². The number of carbonyl (C=O) groups excluding carboxylic acids is 2. The van der Waals surface area contributed by atoms with Crippen molar-refractivity contribution in [3.63, 3.8) is 0 Å². The first-order chi connectivity index (χ1) is 17.2. The number of nitrogens with zero attached hydrogens (tertiary/aromatic N) is 2. The van der Waals surface area contributed by atoms with E-state index in [1.54, 1.807) is 17.8 Å². The van der Waals surface area contributed by atoms with Crippen molar-refractivity contribution in [2.24, 2.45) is 11.8 Å². The van der Waals surface area contributed by atoms with Crippen molar-refractivity contribution in [1.29, 1.82) is 0 Å². The molecule has 0 aliphatic carbocycles. The molecule has 0 bridgehead atoms. The summed E-state index contributed by atoms with van der Waals surface area (Å²) >= 11 is 1.67. The average Bonchev–Trinajstić information content (AvgIpc) is 2.85. The number of carbonyl (C=O) groups is 2. The Bertz CT molecular complexity index is 1210. The molecule has 194 valence electrons. The molecule has 2 unspecified atom stereocenters. The Kier molecular flexibility index (Phi) is 8.27. The first-order valence-electron chi connectivity index (χ1n) is 12.1. The smallest absolute Gasteiger partial charge is 0.265 e. The van der Waals surface area contributed by atoms with Gasteiger partial charge in [-0.2, -0.15) is 4.31 Å². The highest BCUT2D eigenvalue weighted by Crippen LogP contribution is 2.36. The maximum Gasteiger partial charge on any atom is 0.265 e. The number of piperidine rings is 1. The number of rotatable bonds is 8. The van der Waals surface area contributed by atoms with Gasteiger partial charge in [0.15, 0.2) is 6.61 Å². The van der Waals surface area contributed by atoms with Gasteiger partial charge in [0.25, 0.3) is 5.91 Å². The highest BCUT2D eigenvalue weighted by atomic mass is 32.2. The number of benzene rings is 2. The lowest BCUT2D eigenvalue weighted by Gasteiger charge is -2.34. The molecule has 36 heavy (non-hydrogen) atoms. The Hall–Kier alpha value is -2.56. The lowest BCUT2D eigenvalue weighted by atomic mass is 9.94. The minimum atomic E-state index is -3.74. The summed E-state index contributed by atoms with van der Waals surface area (Å²) in [6, 6.07) is 12.7. The summed E-state index contributed by atoms with van der Waals surface area (Å²) in [6.45, 7) is 5.06. The van der Waals surface area contributed by atoms with E-state index in [0.29, 0.717) is 37.5 Å². The van der Waals surface area contributed by atoms with E-state index < -0.39 is 10.0 Å². The van der Waals surface area contributed by atoms with Crippen LogP contribution >= 0.6 is 11.8 Å². The quantitative estimate of drug-likeness (QED) is 0.526. The molecule has 2 aromatic rings. The van der Waals surface area contributed by atoms with Crippen molar-refractivity contribution >= 4 is 39.3 Å². The Labute approximate surface area is 217 Å². The molecule has 2 aliphatic heterocycles. The van der Waals surface area contributed by atoms with Crippen LogP contribution in [0.3, 0.4) is 0 Å². The molecule has 0 spiro atoms. The van der Waals surface area contributed by atoms with E-state index in [1.807, 2.05) is 30.5 Å². The predicted molar refractivity (Wildman–Crippen MR) is 141 cm³/mol. The van der Waals surface area contributed by atoms with Gasteiger partial charge in [-0.1, -0.05) is 26.0 Å². The van der Waals surface area contributed by atoms with Crippen LogP contribution in [0, 0.1) is 11.8 Å². The average molecular weight is 532 g/mol. The van der Waals surface area contributed by atoms with Crippen molar-refractivity contribution in [3.8, 4) is 5.75 Å². The van der Waals surface area contributed by atoms with Gasteiger partial charge in [0.05, 0.1) is 10.6 Å². The summed E-state index contributed by atoms with van der Waals surface area (Å²) in [6.07, 6.45) is 3.68. The van der Waals surface area contributed by atoms with Crippen molar-refractivity contribution in [1.82, 2.24) is 9.62 Å². The number of hydrogen-bond donors (Lipinski definition) is 1. The second kappa shape index (κ2) is 11.2.